The third-order valence-electron chi connectivity index (χ3n) is 2.42. The number of sulfone groups is 1. The Hall–Kier alpha value is -0.940. The zero-order chi connectivity index (χ0) is 12.2. The van der Waals surface area contributed by atoms with Gasteiger partial charge in [0.2, 0.25) is 0 Å². The van der Waals surface area contributed by atoms with Gasteiger partial charge in [0.1, 0.15) is 9.84 Å². The summed E-state index contributed by atoms with van der Waals surface area (Å²) in [6.07, 6.45) is 3.55. The maximum absolute atomic E-state index is 11.1. The molecule has 0 spiro atoms. The number of hydrogen-bond donors (Lipinski definition) is 1. The average Bonchev–Trinajstić information content (AvgIpc) is 2.17. The second kappa shape index (κ2) is 5.41. The molecular formula is C11H18N2O2S. The maximum atomic E-state index is 11.1. The van der Waals surface area contributed by atoms with E-state index in [9.17, 15) is 8.42 Å². The van der Waals surface area contributed by atoms with Crippen molar-refractivity contribution in [1.82, 2.24) is 10.3 Å². The minimum Gasteiger partial charge on any atom is -0.312 e. The zero-order valence-corrected chi connectivity index (χ0v) is 10.7. The highest BCUT2D eigenvalue weighted by atomic mass is 32.2. The van der Waals surface area contributed by atoms with Gasteiger partial charge >= 0.3 is 0 Å². The molecule has 1 aromatic heterocycles. The summed E-state index contributed by atoms with van der Waals surface area (Å²) in [6, 6.07) is 3.89. The van der Waals surface area contributed by atoms with E-state index in [0.29, 0.717) is 6.42 Å². The monoisotopic (exact) mass is 242 g/mol. The van der Waals surface area contributed by atoms with E-state index in [1.807, 2.05) is 26.1 Å². The summed E-state index contributed by atoms with van der Waals surface area (Å²) in [5.41, 5.74) is 2.02. The molecule has 1 heterocycles. The van der Waals surface area contributed by atoms with Gasteiger partial charge in [0.25, 0.3) is 0 Å². The Bertz CT molecular complexity index is 443. The molecule has 0 bridgehead atoms. The number of hydrogen-bond acceptors (Lipinski definition) is 4. The Labute approximate surface area is 97.0 Å². The predicted octanol–water partition coefficient (Wildman–Crippen LogP) is 1.09. The van der Waals surface area contributed by atoms with Crippen LogP contribution in [0.4, 0.5) is 0 Å². The fourth-order valence-electron chi connectivity index (χ4n) is 1.52. The van der Waals surface area contributed by atoms with Gasteiger partial charge in [0.15, 0.2) is 0 Å². The molecule has 0 radical (unpaired) electrons. The summed E-state index contributed by atoms with van der Waals surface area (Å²) in [5.74, 6) is 0.175. The molecule has 0 aromatic carbocycles. The molecule has 1 N–H and O–H groups in total. The molecule has 0 fully saturated rings. The lowest BCUT2D eigenvalue weighted by Gasteiger charge is -2.15. The van der Waals surface area contributed by atoms with Crippen LogP contribution in [-0.4, -0.2) is 32.5 Å². The maximum Gasteiger partial charge on any atom is 0.147 e. The second-order valence-electron chi connectivity index (χ2n) is 4.02. The van der Waals surface area contributed by atoms with Crippen LogP contribution in [0.2, 0.25) is 0 Å². The second-order valence-corrected chi connectivity index (χ2v) is 6.28. The van der Waals surface area contributed by atoms with Crippen molar-refractivity contribution < 1.29 is 8.42 Å². The van der Waals surface area contributed by atoms with Crippen LogP contribution in [0, 0.1) is 6.92 Å². The first-order valence-electron chi connectivity index (χ1n) is 5.20. The average molecular weight is 242 g/mol. The molecule has 90 valence electrons. The molecule has 0 aliphatic heterocycles. The van der Waals surface area contributed by atoms with Crippen molar-refractivity contribution in [3.05, 3.63) is 29.6 Å². The summed E-state index contributed by atoms with van der Waals surface area (Å²) in [5, 5.41) is 3.09. The Morgan fingerprint density at radius 3 is 2.69 bits per heavy atom. The smallest absolute Gasteiger partial charge is 0.147 e. The van der Waals surface area contributed by atoms with Gasteiger partial charge in [-0.3, -0.25) is 4.98 Å². The number of rotatable bonds is 5. The Morgan fingerprint density at radius 2 is 2.19 bits per heavy atom. The van der Waals surface area contributed by atoms with Crippen LogP contribution < -0.4 is 5.32 Å². The first-order valence-corrected chi connectivity index (χ1v) is 7.26. The lowest BCUT2D eigenvalue weighted by Crippen LogP contribution is -2.21. The molecule has 5 heteroatoms. The van der Waals surface area contributed by atoms with Crippen LogP contribution in [0.5, 0.6) is 0 Å². The number of nitrogens with one attached hydrogen (secondary N) is 1. The largest absolute Gasteiger partial charge is 0.312 e. The molecule has 1 rings (SSSR count). The van der Waals surface area contributed by atoms with E-state index in [4.69, 9.17) is 0 Å². The van der Waals surface area contributed by atoms with Crippen molar-refractivity contribution in [2.75, 3.05) is 19.1 Å². The van der Waals surface area contributed by atoms with Crippen molar-refractivity contribution >= 4 is 9.84 Å². The van der Waals surface area contributed by atoms with E-state index in [-0.39, 0.29) is 11.8 Å². The molecule has 0 amide bonds. The van der Waals surface area contributed by atoms with Crippen LogP contribution in [0.15, 0.2) is 18.3 Å². The molecule has 1 aromatic rings. The van der Waals surface area contributed by atoms with Gasteiger partial charge in [-0.05, 0) is 38.1 Å². The number of aromatic nitrogens is 1. The van der Waals surface area contributed by atoms with E-state index in [2.05, 4.69) is 10.3 Å². The van der Waals surface area contributed by atoms with E-state index in [1.165, 1.54) is 6.26 Å². The van der Waals surface area contributed by atoms with Gasteiger partial charge in [-0.15, -0.1) is 0 Å². The third kappa shape index (κ3) is 4.28. The Balaban J connectivity index is 2.75. The fraction of sp³-hybridized carbons (Fsp3) is 0.545. The van der Waals surface area contributed by atoms with Crippen LogP contribution in [-0.2, 0) is 9.84 Å². The summed E-state index contributed by atoms with van der Waals surface area (Å²) >= 11 is 0. The molecule has 0 saturated heterocycles. The minimum absolute atomic E-state index is 0.00498. The summed E-state index contributed by atoms with van der Waals surface area (Å²) in [4.78, 5) is 4.25. The highest BCUT2D eigenvalue weighted by molar-refractivity contribution is 7.90. The van der Waals surface area contributed by atoms with Gasteiger partial charge in [-0.1, -0.05) is 0 Å². The van der Waals surface area contributed by atoms with E-state index >= 15 is 0 Å². The summed E-state index contributed by atoms with van der Waals surface area (Å²) in [7, 11) is -1.10. The molecule has 16 heavy (non-hydrogen) atoms. The van der Waals surface area contributed by atoms with Crippen molar-refractivity contribution in [2.24, 2.45) is 0 Å². The Kier molecular flexibility index (Phi) is 4.44. The molecule has 4 nitrogen and oxygen atoms in total. The van der Waals surface area contributed by atoms with Crippen molar-refractivity contribution in [1.29, 1.82) is 0 Å². The van der Waals surface area contributed by atoms with Gasteiger partial charge < -0.3 is 5.32 Å². The van der Waals surface area contributed by atoms with E-state index in [0.717, 1.165) is 11.3 Å². The van der Waals surface area contributed by atoms with Gasteiger partial charge in [-0.2, -0.15) is 0 Å². The topological polar surface area (TPSA) is 59.1 Å². The van der Waals surface area contributed by atoms with Gasteiger partial charge in [-0.25, -0.2) is 8.42 Å². The molecule has 1 unspecified atom stereocenters. The third-order valence-corrected chi connectivity index (χ3v) is 3.40. The lowest BCUT2D eigenvalue weighted by molar-refractivity contribution is 0.548. The Morgan fingerprint density at radius 1 is 1.50 bits per heavy atom. The number of pyridine rings is 1. The summed E-state index contributed by atoms with van der Waals surface area (Å²) in [6.45, 7) is 1.99. The highest BCUT2D eigenvalue weighted by Crippen LogP contribution is 2.15. The molecule has 0 saturated carbocycles. The van der Waals surface area contributed by atoms with Gasteiger partial charge in [0, 0.05) is 12.5 Å². The standard InChI is InChI=1S/C11H18N2O2S/c1-9-4-6-13-11(8-9)10(12-2)5-7-16(3,14)15/h4,6,8,10,12H,5,7H2,1-3H3. The fourth-order valence-corrected chi connectivity index (χ4v) is 2.19. The first-order chi connectivity index (χ1) is 7.42. The lowest BCUT2D eigenvalue weighted by atomic mass is 10.1. The SMILES string of the molecule is CNC(CCS(C)(=O)=O)c1cc(C)ccn1. The van der Waals surface area contributed by atoms with Crippen molar-refractivity contribution in [2.45, 2.75) is 19.4 Å². The number of aryl methyl sites for hydroxylation is 1. The normalized spacial score (nSPS) is 13.7. The predicted molar refractivity (Wildman–Crippen MR) is 65.1 cm³/mol. The number of nitrogens with zero attached hydrogens (tertiary/aromatic N) is 1. The molecular weight excluding hydrogens is 224 g/mol. The van der Waals surface area contributed by atoms with E-state index < -0.39 is 9.84 Å². The van der Waals surface area contributed by atoms with E-state index in [1.54, 1.807) is 6.20 Å². The zero-order valence-electron chi connectivity index (χ0n) is 9.90. The minimum atomic E-state index is -2.92. The summed E-state index contributed by atoms with van der Waals surface area (Å²) < 4.78 is 22.2. The van der Waals surface area contributed by atoms with Crippen molar-refractivity contribution in [3.63, 3.8) is 0 Å². The first kappa shape index (κ1) is 13.1. The molecule has 0 aliphatic rings. The van der Waals surface area contributed by atoms with Crippen molar-refractivity contribution in [3.8, 4) is 0 Å². The highest BCUT2D eigenvalue weighted by Gasteiger charge is 2.13. The van der Waals surface area contributed by atoms with Gasteiger partial charge in [0.05, 0.1) is 17.5 Å². The molecule has 0 aliphatic carbocycles. The quantitative estimate of drug-likeness (QED) is 0.839. The molecule has 1 atom stereocenters. The van der Waals surface area contributed by atoms with Crippen LogP contribution in [0.1, 0.15) is 23.7 Å². The van der Waals surface area contributed by atoms with Crippen LogP contribution in [0.3, 0.4) is 0 Å². The van der Waals surface area contributed by atoms with Crippen LogP contribution >= 0.6 is 0 Å². The van der Waals surface area contributed by atoms with Crippen LogP contribution in [0.25, 0.3) is 0 Å².